The van der Waals surface area contributed by atoms with Gasteiger partial charge in [0, 0.05) is 31.5 Å². The average Bonchev–Trinajstić information content (AvgIpc) is 3.45. The number of fused-ring (bicyclic) bond motifs is 4. The molecular weight excluding hydrogens is 420 g/mol. The van der Waals surface area contributed by atoms with Crippen molar-refractivity contribution < 1.29 is 24.2 Å². The summed E-state index contributed by atoms with van der Waals surface area (Å²) in [6, 6.07) is 16.0. The molecule has 2 aromatic rings. The summed E-state index contributed by atoms with van der Waals surface area (Å²) < 4.78 is 5.56. The number of rotatable bonds is 6. The van der Waals surface area contributed by atoms with Crippen LogP contribution in [0, 0.1) is 17.8 Å². The highest BCUT2D eigenvalue weighted by Gasteiger charge is 2.57. The van der Waals surface area contributed by atoms with E-state index in [2.05, 4.69) is 29.6 Å². The lowest BCUT2D eigenvalue weighted by Gasteiger charge is -2.27. The molecule has 0 bridgehead atoms. The molecule has 2 amide bonds. The van der Waals surface area contributed by atoms with Crippen LogP contribution >= 0.6 is 0 Å². The van der Waals surface area contributed by atoms with Crippen LogP contribution in [-0.4, -0.2) is 53.7 Å². The molecule has 3 aliphatic rings. The van der Waals surface area contributed by atoms with E-state index in [0.29, 0.717) is 13.1 Å². The summed E-state index contributed by atoms with van der Waals surface area (Å²) in [5.41, 5.74) is 4.65. The number of carbonyl (C=O) groups excluding carboxylic acids is 2. The first-order chi connectivity index (χ1) is 15.9. The van der Waals surface area contributed by atoms with Gasteiger partial charge >= 0.3 is 12.1 Å². The molecule has 33 heavy (non-hydrogen) atoms. The number of carboxylic acid groups (broad SMARTS) is 1. The van der Waals surface area contributed by atoms with Crippen LogP contribution in [0.1, 0.15) is 36.8 Å². The van der Waals surface area contributed by atoms with Crippen molar-refractivity contribution in [1.29, 1.82) is 0 Å². The number of carboxylic acids is 1. The van der Waals surface area contributed by atoms with Crippen LogP contribution in [0.2, 0.25) is 0 Å². The molecule has 1 heterocycles. The van der Waals surface area contributed by atoms with Crippen LogP contribution in [-0.2, 0) is 14.3 Å². The number of likely N-dealkylation sites (tertiary alicyclic amines) is 1. The quantitative estimate of drug-likeness (QED) is 0.705. The molecular formula is C26H28N2O5. The number of alkyl carbamates (subject to hydrolysis) is 1. The number of piperidine rings is 1. The van der Waals surface area contributed by atoms with Gasteiger partial charge in [0.15, 0.2) is 0 Å². The maximum absolute atomic E-state index is 12.7. The summed E-state index contributed by atoms with van der Waals surface area (Å²) >= 11 is 0. The molecule has 2 N–H and O–H groups in total. The maximum Gasteiger partial charge on any atom is 0.407 e. The van der Waals surface area contributed by atoms with Crippen molar-refractivity contribution in [3.05, 3.63) is 59.7 Å². The standard InChI is InChI=1S/C26H28N2O5/c1-15(12-23(29)28-11-10-20-21(13-28)24(20)25(30)31)27-26(32)33-14-22-18-8-4-2-6-16(18)17-7-3-5-9-19(17)22/h2-9,15,20-22,24H,10-14H2,1H3,(H,27,32)(H,30,31)/t15?,20-,21+,24?/m1/s1. The van der Waals surface area contributed by atoms with Crippen LogP contribution in [0.25, 0.3) is 11.1 Å². The van der Waals surface area contributed by atoms with Crippen molar-refractivity contribution in [2.24, 2.45) is 17.8 Å². The van der Waals surface area contributed by atoms with Crippen molar-refractivity contribution in [3.63, 3.8) is 0 Å². The van der Waals surface area contributed by atoms with E-state index in [1.54, 1.807) is 11.8 Å². The van der Waals surface area contributed by atoms with E-state index in [1.807, 2.05) is 24.3 Å². The number of hydrogen-bond donors (Lipinski definition) is 2. The van der Waals surface area contributed by atoms with Crippen LogP contribution in [0.3, 0.4) is 0 Å². The number of nitrogens with one attached hydrogen (secondary N) is 1. The van der Waals surface area contributed by atoms with Crippen molar-refractivity contribution in [3.8, 4) is 11.1 Å². The Morgan fingerprint density at radius 3 is 2.33 bits per heavy atom. The monoisotopic (exact) mass is 448 g/mol. The Morgan fingerprint density at radius 1 is 1.06 bits per heavy atom. The first kappa shape index (κ1) is 21.5. The minimum Gasteiger partial charge on any atom is -0.481 e. The molecule has 4 atom stereocenters. The number of ether oxygens (including phenoxy) is 1. The lowest BCUT2D eigenvalue weighted by atomic mass is 9.98. The van der Waals surface area contributed by atoms with E-state index in [4.69, 9.17) is 4.74 Å². The summed E-state index contributed by atoms with van der Waals surface area (Å²) in [5, 5.41) is 12.0. The van der Waals surface area contributed by atoms with E-state index < -0.39 is 12.1 Å². The number of hydrogen-bond acceptors (Lipinski definition) is 4. The molecule has 1 aliphatic heterocycles. The second-order valence-electron chi connectivity index (χ2n) is 9.40. The highest BCUT2D eigenvalue weighted by Crippen LogP contribution is 2.51. The van der Waals surface area contributed by atoms with Crippen LogP contribution in [0.4, 0.5) is 4.79 Å². The topological polar surface area (TPSA) is 95.9 Å². The molecule has 7 heteroatoms. The molecule has 1 saturated heterocycles. The zero-order chi connectivity index (χ0) is 23.1. The average molecular weight is 449 g/mol. The SMILES string of the molecule is CC(CC(=O)N1CC[C@H]2C(C(=O)O)[C@H]2C1)NC(=O)OCC1c2ccccc2-c2ccccc21. The Bertz CT molecular complexity index is 1050. The Hall–Kier alpha value is -3.35. The third kappa shape index (κ3) is 4.08. The Labute approximate surface area is 192 Å². The highest BCUT2D eigenvalue weighted by molar-refractivity contribution is 5.80. The smallest absolute Gasteiger partial charge is 0.407 e. The normalized spacial score (nSPS) is 23.7. The van der Waals surface area contributed by atoms with E-state index in [9.17, 15) is 19.5 Å². The summed E-state index contributed by atoms with van der Waals surface area (Å²) in [5.74, 6) is -0.852. The van der Waals surface area contributed by atoms with Crippen molar-refractivity contribution in [2.75, 3.05) is 19.7 Å². The van der Waals surface area contributed by atoms with Gasteiger partial charge in [-0.15, -0.1) is 0 Å². The molecule has 172 valence electrons. The predicted molar refractivity (Wildman–Crippen MR) is 122 cm³/mol. The highest BCUT2D eigenvalue weighted by atomic mass is 16.5. The summed E-state index contributed by atoms with van der Waals surface area (Å²) in [6.07, 6.45) is 0.366. The number of nitrogens with zero attached hydrogens (tertiary/aromatic N) is 1. The fourth-order valence-corrected chi connectivity index (χ4v) is 5.61. The van der Waals surface area contributed by atoms with E-state index >= 15 is 0 Å². The first-order valence-electron chi connectivity index (χ1n) is 11.6. The molecule has 1 saturated carbocycles. The van der Waals surface area contributed by atoms with Crippen molar-refractivity contribution in [2.45, 2.75) is 31.7 Å². The minimum absolute atomic E-state index is 0.0119. The van der Waals surface area contributed by atoms with Crippen LogP contribution in [0.5, 0.6) is 0 Å². The van der Waals surface area contributed by atoms with Crippen molar-refractivity contribution >= 4 is 18.0 Å². The lowest BCUT2D eigenvalue weighted by molar-refractivity contribution is -0.139. The lowest BCUT2D eigenvalue weighted by Crippen LogP contribution is -2.42. The molecule has 0 radical (unpaired) electrons. The number of benzene rings is 2. The van der Waals surface area contributed by atoms with Gasteiger partial charge in [-0.3, -0.25) is 9.59 Å². The molecule has 0 spiro atoms. The van der Waals surface area contributed by atoms with Gasteiger partial charge in [-0.2, -0.15) is 0 Å². The van der Waals surface area contributed by atoms with Gasteiger partial charge in [-0.05, 0) is 47.4 Å². The second-order valence-corrected chi connectivity index (χ2v) is 9.40. The van der Waals surface area contributed by atoms with E-state index in [-0.39, 0.29) is 48.6 Å². The number of aliphatic carboxylic acids is 1. The molecule has 2 fully saturated rings. The van der Waals surface area contributed by atoms with Gasteiger partial charge in [0.05, 0.1) is 5.92 Å². The molecule has 2 unspecified atom stereocenters. The molecule has 5 rings (SSSR count). The van der Waals surface area contributed by atoms with E-state index in [0.717, 1.165) is 17.5 Å². The number of carbonyl (C=O) groups is 3. The molecule has 0 aromatic heterocycles. The molecule has 7 nitrogen and oxygen atoms in total. The molecule has 2 aliphatic carbocycles. The summed E-state index contributed by atoms with van der Waals surface area (Å²) in [7, 11) is 0. The Balaban J connectivity index is 1.12. The Morgan fingerprint density at radius 2 is 1.70 bits per heavy atom. The van der Waals surface area contributed by atoms with Gasteiger partial charge in [0.1, 0.15) is 6.61 Å². The first-order valence-corrected chi connectivity index (χ1v) is 11.6. The largest absolute Gasteiger partial charge is 0.481 e. The zero-order valence-electron chi connectivity index (χ0n) is 18.6. The molecule has 2 aromatic carbocycles. The third-order valence-corrected chi connectivity index (χ3v) is 7.32. The van der Waals surface area contributed by atoms with Crippen molar-refractivity contribution in [1.82, 2.24) is 10.2 Å². The van der Waals surface area contributed by atoms with Crippen LogP contribution in [0.15, 0.2) is 48.5 Å². The summed E-state index contributed by atoms with van der Waals surface area (Å²) in [6.45, 7) is 3.09. The minimum atomic E-state index is -0.760. The zero-order valence-corrected chi connectivity index (χ0v) is 18.6. The van der Waals surface area contributed by atoms with Gasteiger partial charge in [0.25, 0.3) is 0 Å². The fraction of sp³-hybridized carbons (Fsp3) is 0.423. The Kier molecular flexibility index (Phi) is 5.56. The van der Waals surface area contributed by atoms with Gasteiger partial charge in [-0.25, -0.2) is 4.79 Å². The van der Waals surface area contributed by atoms with Gasteiger partial charge in [0.2, 0.25) is 5.91 Å². The van der Waals surface area contributed by atoms with Crippen LogP contribution < -0.4 is 5.32 Å². The number of amides is 2. The van der Waals surface area contributed by atoms with E-state index in [1.165, 1.54) is 11.1 Å². The maximum atomic E-state index is 12.7. The summed E-state index contributed by atoms with van der Waals surface area (Å²) in [4.78, 5) is 38.1. The third-order valence-electron chi connectivity index (χ3n) is 7.32. The fourth-order valence-electron chi connectivity index (χ4n) is 5.61. The van der Waals surface area contributed by atoms with Gasteiger partial charge in [-0.1, -0.05) is 48.5 Å². The van der Waals surface area contributed by atoms with Gasteiger partial charge < -0.3 is 20.1 Å². The second kappa shape index (κ2) is 8.54. The predicted octanol–water partition coefficient (Wildman–Crippen LogP) is 3.48.